The fourth-order valence-corrected chi connectivity index (χ4v) is 6.41. The Kier molecular flexibility index (Phi) is 16.2. The van der Waals surface area contributed by atoms with E-state index in [1.807, 2.05) is 60.6 Å². The van der Waals surface area contributed by atoms with Gasteiger partial charge in [-0.25, -0.2) is 4.79 Å². The molecule has 0 unspecified atom stereocenters. The van der Waals surface area contributed by atoms with Crippen molar-refractivity contribution in [1.82, 2.24) is 15.5 Å². The molecule has 1 aromatic rings. The number of rotatable bonds is 18. The largest absolute Gasteiger partial charge is 0.493 e. The number of carbonyl (C=O) groups is 3. The van der Waals surface area contributed by atoms with Crippen LogP contribution in [0.15, 0.2) is 18.2 Å². The predicted molar refractivity (Wildman–Crippen MR) is 192 cm³/mol. The minimum absolute atomic E-state index is 0.000696. The van der Waals surface area contributed by atoms with Crippen molar-refractivity contribution in [2.45, 2.75) is 118 Å². The summed E-state index contributed by atoms with van der Waals surface area (Å²) in [7, 11) is 4.89. The van der Waals surface area contributed by atoms with Crippen LogP contribution in [0.25, 0.3) is 0 Å². The minimum Gasteiger partial charge on any atom is -0.493 e. The monoisotopic (exact) mass is 691 g/mol. The van der Waals surface area contributed by atoms with Gasteiger partial charge in [0.1, 0.15) is 11.3 Å². The highest BCUT2D eigenvalue weighted by Gasteiger charge is 2.52. The smallest absolute Gasteiger partial charge is 0.412 e. The van der Waals surface area contributed by atoms with Crippen molar-refractivity contribution in [2.24, 2.45) is 29.6 Å². The molecular formula is C38H65N3O8. The zero-order valence-electron chi connectivity index (χ0n) is 32.4. The lowest BCUT2D eigenvalue weighted by Gasteiger charge is -2.37. The Balaban J connectivity index is 2.44. The Morgan fingerprint density at radius 2 is 1.63 bits per heavy atom. The SMILES string of the molecule is CNC(=O)[C@H](C)CNC(=O)[C@@H](C[C@@H]1OC(C)(C)N(C(=O)OC(C)(C)C)[C@H]1C[C@H](Cc1ccc(OC)c(OCCCOC)c1)C(C)C)C(C)C. The molecule has 49 heavy (non-hydrogen) atoms. The summed E-state index contributed by atoms with van der Waals surface area (Å²) in [6, 6.07) is 5.69. The zero-order chi connectivity index (χ0) is 37.1. The standard InChI is InChI=1S/C38H65N3O8/c1-24(2)28(19-27-15-16-31(46-13)33(20-27)47-18-14-17-45-12)21-30-32(48-38(9,10)41(30)36(44)49-37(6,7)8)22-29(25(3)4)35(43)40-23-26(5)34(42)39-11/h15-16,20,24-26,28-30,32H,14,17-19,21-23H2,1-13H3,(H,39,42)(H,40,43)/t26-,28+,29+,30+,32+/m1/s1. The van der Waals surface area contributed by atoms with Gasteiger partial charge in [0.15, 0.2) is 11.5 Å². The van der Waals surface area contributed by atoms with Crippen molar-refractivity contribution in [2.75, 3.05) is 41.0 Å². The highest BCUT2D eigenvalue weighted by molar-refractivity contribution is 5.81. The van der Waals surface area contributed by atoms with E-state index in [4.69, 9.17) is 23.7 Å². The minimum atomic E-state index is -0.964. The molecule has 2 rings (SSSR count). The molecule has 0 spiro atoms. The second-order valence-electron chi connectivity index (χ2n) is 15.5. The van der Waals surface area contributed by atoms with Crippen molar-refractivity contribution in [3.63, 3.8) is 0 Å². The van der Waals surface area contributed by atoms with Gasteiger partial charge in [-0.2, -0.15) is 0 Å². The predicted octanol–water partition coefficient (Wildman–Crippen LogP) is 6.22. The van der Waals surface area contributed by atoms with Crippen molar-refractivity contribution in [1.29, 1.82) is 0 Å². The van der Waals surface area contributed by atoms with Gasteiger partial charge in [0.25, 0.3) is 0 Å². The van der Waals surface area contributed by atoms with E-state index in [1.165, 1.54) is 0 Å². The maximum atomic E-state index is 13.9. The lowest BCUT2D eigenvalue weighted by molar-refractivity contribution is -0.130. The average molecular weight is 692 g/mol. The first kappa shape index (κ1) is 42.1. The van der Waals surface area contributed by atoms with Gasteiger partial charge in [-0.1, -0.05) is 40.7 Å². The van der Waals surface area contributed by atoms with Gasteiger partial charge in [0.2, 0.25) is 11.8 Å². The van der Waals surface area contributed by atoms with E-state index in [1.54, 1.807) is 33.1 Å². The highest BCUT2D eigenvalue weighted by Crippen LogP contribution is 2.41. The number of benzene rings is 1. The molecule has 0 saturated carbocycles. The van der Waals surface area contributed by atoms with E-state index in [-0.39, 0.29) is 48.1 Å². The summed E-state index contributed by atoms with van der Waals surface area (Å²) < 4.78 is 29.5. The Morgan fingerprint density at radius 3 is 2.18 bits per heavy atom. The quantitative estimate of drug-likeness (QED) is 0.174. The molecule has 11 nitrogen and oxygen atoms in total. The van der Waals surface area contributed by atoms with Crippen LogP contribution in [-0.2, 0) is 30.2 Å². The second-order valence-corrected chi connectivity index (χ2v) is 15.5. The van der Waals surface area contributed by atoms with Crippen LogP contribution in [0.4, 0.5) is 4.79 Å². The number of nitrogens with one attached hydrogen (secondary N) is 2. The first-order valence-corrected chi connectivity index (χ1v) is 17.8. The Bertz CT molecular complexity index is 1210. The van der Waals surface area contributed by atoms with Gasteiger partial charge in [-0.15, -0.1) is 0 Å². The first-order chi connectivity index (χ1) is 22.8. The molecule has 1 aromatic carbocycles. The summed E-state index contributed by atoms with van der Waals surface area (Å²) in [5, 5.41) is 5.63. The molecule has 1 fully saturated rings. The third-order valence-corrected chi connectivity index (χ3v) is 9.24. The summed E-state index contributed by atoms with van der Waals surface area (Å²) in [6.07, 6.45) is 1.70. The van der Waals surface area contributed by atoms with Gasteiger partial charge in [-0.05, 0) is 89.3 Å². The molecule has 2 N–H and O–H groups in total. The van der Waals surface area contributed by atoms with Crippen LogP contribution in [0.5, 0.6) is 11.5 Å². The van der Waals surface area contributed by atoms with Gasteiger partial charge < -0.3 is 34.3 Å². The summed E-state index contributed by atoms with van der Waals surface area (Å²) in [5.74, 6) is 0.782. The van der Waals surface area contributed by atoms with Crippen molar-refractivity contribution < 1.29 is 38.1 Å². The van der Waals surface area contributed by atoms with Crippen molar-refractivity contribution in [3.05, 3.63) is 23.8 Å². The molecule has 0 aliphatic carbocycles. The van der Waals surface area contributed by atoms with E-state index in [0.29, 0.717) is 37.6 Å². The number of methoxy groups -OCH3 is 2. The number of ether oxygens (including phenoxy) is 5. The molecule has 1 aliphatic heterocycles. The number of hydrogen-bond donors (Lipinski definition) is 2. The summed E-state index contributed by atoms with van der Waals surface area (Å²) in [5.41, 5.74) is -0.559. The van der Waals surface area contributed by atoms with Gasteiger partial charge >= 0.3 is 6.09 Å². The maximum absolute atomic E-state index is 13.9. The van der Waals surface area contributed by atoms with Crippen LogP contribution in [0.1, 0.15) is 94.1 Å². The van der Waals surface area contributed by atoms with Gasteiger partial charge in [0.05, 0.1) is 31.8 Å². The summed E-state index contributed by atoms with van der Waals surface area (Å²) in [6.45, 7) is 20.9. The molecule has 11 heteroatoms. The molecule has 0 bridgehead atoms. The number of carbonyl (C=O) groups excluding carboxylic acids is 3. The molecule has 3 amide bonds. The second kappa shape index (κ2) is 18.8. The highest BCUT2D eigenvalue weighted by atomic mass is 16.6. The van der Waals surface area contributed by atoms with Crippen LogP contribution in [0, 0.1) is 29.6 Å². The van der Waals surface area contributed by atoms with Crippen LogP contribution in [0.3, 0.4) is 0 Å². The summed E-state index contributed by atoms with van der Waals surface area (Å²) in [4.78, 5) is 41.3. The molecule has 5 atom stereocenters. The van der Waals surface area contributed by atoms with Gasteiger partial charge in [-0.3, -0.25) is 14.5 Å². The van der Waals surface area contributed by atoms with E-state index in [2.05, 4.69) is 30.5 Å². The fraction of sp³-hybridized carbons (Fsp3) is 0.763. The maximum Gasteiger partial charge on any atom is 0.412 e. The lowest BCUT2D eigenvalue weighted by atomic mass is 9.80. The molecular weight excluding hydrogens is 626 g/mol. The van der Waals surface area contributed by atoms with Crippen LogP contribution in [0.2, 0.25) is 0 Å². The third-order valence-electron chi connectivity index (χ3n) is 9.24. The van der Waals surface area contributed by atoms with Crippen LogP contribution in [-0.4, -0.2) is 87.3 Å². The fourth-order valence-electron chi connectivity index (χ4n) is 6.41. The van der Waals surface area contributed by atoms with E-state index in [0.717, 1.165) is 18.4 Å². The van der Waals surface area contributed by atoms with Crippen molar-refractivity contribution >= 4 is 17.9 Å². The van der Waals surface area contributed by atoms with E-state index in [9.17, 15) is 14.4 Å². The number of nitrogens with zero attached hydrogens (tertiary/aromatic N) is 1. The lowest BCUT2D eigenvalue weighted by Crippen LogP contribution is -2.51. The van der Waals surface area contributed by atoms with E-state index >= 15 is 0 Å². The van der Waals surface area contributed by atoms with Gasteiger partial charge in [0, 0.05) is 39.6 Å². The average Bonchev–Trinajstić information content (AvgIpc) is 3.27. The molecule has 1 heterocycles. The topological polar surface area (TPSA) is 125 Å². The zero-order valence-corrected chi connectivity index (χ0v) is 32.4. The van der Waals surface area contributed by atoms with E-state index < -0.39 is 29.4 Å². The Morgan fingerprint density at radius 1 is 0.959 bits per heavy atom. The normalized spacial score (nSPS) is 19.4. The first-order valence-electron chi connectivity index (χ1n) is 17.8. The van der Waals surface area contributed by atoms with Crippen molar-refractivity contribution in [3.8, 4) is 11.5 Å². The number of hydrogen-bond acceptors (Lipinski definition) is 8. The Labute approximate surface area is 295 Å². The third kappa shape index (κ3) is 12.7. The molecule has 1 saturated heterocycles. The molecule has 0 aromatic heterocycles. The molecule has 1 aliphatic rings. The summed E-state index contributed by atoms with van der Waals surface area (Å²) >= 11 is 0. The Hall–Kier alpha value is -3.05. The molecule has 0 radical (unpaired) electrons. The molecule has 280 valence electrons. The number of amides is 3. The van der Waals surface area contributed by atoms with Crippen LogP contribution >= 0.6 is 0 Å². The van der Waals surface area contributed by atoms with Crippen LogP contribution < -0.4 is 20.1 Å².